The van der Waals surface area contributed by atoms with E-state index in [9.17, 15) is 4.79 Å². The van der Waals surface area contributed by atoms with E-state index in [1.165, 1.54) is 0 Å². The molecule has 1 aliphatic heterocycles. The van der Waals surface area contributed by atoms with Crippen LogP contribution in [0.3, 0.4) is 0 Å². The molecular formula is C15H32NO6Si+. The van der Waals surface area contributed by atoms with Gasteiger partial charge in [-0.05, 0) is 12.8 Å². The maximum Gasteiger partial charge on any atom is 0.500 e. The molecule has 0 aromatic heterocycles. The zero-order valence-corrected chi connectivity index (χ0v) is 16.1. The van der Waals surface area contributed by atoms with Crippen LogP contribution in [0.15, 0.2) is 0 Å². The summed E-state index contributed by atoms with van der Waals surface area (Å²) in [4.78, 5) is 12.1. The van der Waals surface area contributed by atoms with Crippen molar-refractivity contribution in [3.63, 3.8) is 0 Å². The Hall–Kier alpha value is -0.513. The van der Waals surface area contributed by atoms with Gasteiger partial charge in [0, 0.05) is 40.2 Å². The summed E-state index contributed by atoms with van der Waals surface area (Å²) in [5, 5.41) is 0. The molecule has 0 radical (unpaired) electrons. The highest BCUT2D eigenvalue weighted by Gasteiger charge is 2.38. The second-order valence-electron chi connectivity index (χ2n) is 6.50. The third-order valence-electron chi connectivity index (χ3n) is 4.14. The quantitative estimate of drug-likeness (QED) is 0.337. The molecule has 136 valence electrons. The van der Waals surface area contributed by atoms with Crippen molar-refractivity contribution in [1.29, 1.82) is 0 Å². The van der Waals surface area contributed by atoms with Crippen LogP contribution < -0.4 is 0 Å². The van der Waals surface area contributed by atoms with Gasteiger partial charge >= 0.3 is 14.8 Å². The van der Waals surface area contributed by atoms with Crippen LogP contribution in [-0.2, 0) is 27.5 Å². The Morgan fingerprint density at radius 1 is 1.17 bits per heavy atom. The zero-order chi connectivity index (χ0) is 17.3. The van der Waals surface area contributed by atoms with Crippen LogP contribution in [0, 0.1) is 0 Å². The summed E-state index contributed by atoms with van der Waals surface area (Å²) in [5.74, 6) is -0.212. The second-order valence-corrected chi connectivity index (χ2v) is 9.59. The molecule has 1 unspecified atom stereocenters. The second kappa shape index (κ2) is 9.70. The minimum Gasteiger partial charge on any atom is -0.432 e. The first-order valence-corrected chi connectivity index (χ1v) is 10.1. The summed E-state index contributed by atoms with van der Waals surface area (Å²) in [6, 6.07) is 0.721. The van der Waals surface area contributed by atoms with Crippen molar-refractivity contribution in [3.8, 4) is 0 Å². The van der Waals surface area contributed by atoms with Crippen LogP contribution in [0.25, 0.3) is 0 Å². The van der Waals surface area contributed by atoms with E-state index >= 15 is 0 Å². The van der Waals surface area contributed by atoms with Crippen molar-refractivity contribution >= 4 is 14.8 Å². The van der Waals surface area contributed by atoms with Crippen LogP contribution in [0.1, 0.15) is 25.7 Å². The lowest BCUT2D eigenvalue weighted by atomic mass is 10.2. The molecule has 0 saturated carbocycles. The third-order valence-corrected chi connectivity index (χ3v) is 6.97. The number of quaternary nitrogens is 1. The van der Waals surface area contributed by atoms with Crippen molar-refractivity contribution in [2.24, 2.45) is 0 Å². The number of hydrogen-bond donors (Lipinski definition) is 0. The van der Waals surface area contributed by atoms with Crippen LogP contribution in [0.4, 0.5) is 0 Å². The predicted octanol–water partition coefficient (Wildman–Crippen LogP) is 1.40. The molecule has 0 N–H and O–H groups in total. The molecule has 1 fully saturated rings. The number of carbonyl (C=O) groups excluding carboxylic acids is 1. The number of likely N-dealkylation sites (N-methyl/N-ethyl adjacent to an activating group) is 1. The molecule has 0 aromatic rings. The Morgan fingerprint density at radius 3 is 2.35 bits per heavy atom. The van der Waals surface area contributed by atoms with E-state index in [1.54, 1.807) is 21.3 Å². The summed E-state index contributed by atoms with van der Waals surface area (Å²) in [5.41, 5.74) is 0. The Bertz CT molecular complexity index is 348. The van der Waals surface area contributed by atoms with Gasteiger partial charge in [0.2, 0.25) is 6.29 Å². The van der Waals surface area contributed by atoms with Gasteiger partial charge in [-0.25, -0.2) is 4.79 Å². The number of ether oxygens (including phenoxy) is 2. The van der Waals surface area contributed by atoms with Crippen molar-refractivity contribution in [1.82, 2.24) is 0 Å². The fourth-order valence-corrected chi connectivity index (χ4v) is 4.40. The van der Waals surface area contributed by atoms with E-state index in [-0.39, 0.29) is 12.3 Å². The van der Waals surface area contributed by atoms with Gasteiger partial charge in [0.15, 0.2) is 6.54 Å². The van der Waals surface area contributed by atoms with E-state index in [0.717, 1.165) is 38.3 Å². The number of carbonyl (C=O) groups is 1. The van der Waals surface area contributed by atoms with E-state index in [2.05, 4.69) is 0 Å². The van der Waals surface area contributed by atoms with Crippen LogP contribution in [-0.4, -0.2) is 80.7 Å². The van der Waals surface area contributed by atoms with Gasteiger partial charge < -0.3 is 27.2 Å². The lowest BCUT2D eigenvalue weighted by molar-refractivity contribution is -0.883. The molecule has 1 atom stereocenters. The van der Waals surface area contributed by atoms with Gasteiger partial charge in [0.25, 0.3) is 0 Å². The fraction of sp³-hybridized carbons (Fsp3) is 0.933. The summed E-state index contributed by atoms with van der Waals surface area (Å²) >= 11 is 0. The molecule has 0 aliphatic carbocycles. The number of esters is 1. The van der Waals surface area contributed by atoms with Gasteiger partial charge in [0.05, 0.1) is 27.2 Å². The number of nitrogens with zero attached hydrogens (tertiary/aromatic N) is 1. The molecule has 0 aromatic carbocycles. The topological polar surface area (TPSA) is 63.2 Å². The van der Waals surface area contributed by atoms with Gasteiger partial charge in [-0.15, -0.1) is 0 Å². The average molecular weight is 351 g/mol. The lowest BCUT2D eigenvalue weighted by Crippen LogP contribution is -2.48. The van der Waals surface area contributed by atoms with Gasteiger partial charge in [-0.3, -0.25) is 0 Å². The number of hydrogen-bond acceptors (Lipinski definition) is 6. The molecular weight excluding hydrogens is 318 g/mol. The minimum absolute atomic E-state index is 0.212. The van der Waals surface area contributed by atoms with Crippen LogP contribution in [0.2, 0.25) is 6.04 Å². The van der Waals surface area contributed by atoms with E-state index in [0.29, 0.717) is 17.6 Å². The largest absolute Gasteiger partial charge is 0.500 e. The average Bonchev–Trinajstić information content (AvgIpc) is 2.52. The van der Waals surface area contributed by atoms with Gasteiger partial charge in [0.1, 0.15) is 0 Å². The highest BCUT2D eigenvalue weighted by Crippen LogP contribution is 2.17. The lowest BCUT2D eigenvalue weighted by Gasteiger charge is -2.31. The Morgan fingerprint density at radius 2 is 1.83 bits per heavy atom. The van der Waals surface area contributed by atoms with Crippen LogP contribution in [0.5, 0.6) is 0 Å². The van der Waals surface area contributed by atoms with E-state index < -0.39 is 8.80 Å². The summed E-state index contributed by atoms with van der Waals surface area (Å²) in [7, 11) is 6.32. The molecule has 0 spiro atoms. The SMILES string of the molecule is CO[Si](CCC[N+](C)(C)CC(=O)OC1CCCCO1)(OC)OC. The fourth-order valence-electron chi connectivity index (χ4n) is 2.70. The van der Waals surface area contributed by atoms with Gasteiger partial charge in [-0.2, -0.15) is 0 Å². The first-order chi connectivity index (χ1) is 10.9. The summed E-state index contributed by atoms with van der Waals surface area (Å²) in [6.07, 6.45) is 3.37. The molecule has 1 saturated heterocycles. The monoisotopic (exact) mass is 350 g/mol. The molecule has 1 rings (SSSR count). The first kappa shape index (κ1) is 20.5. The van der Waals surface area contributed by atoms with E-state index in [1.807, 2.05) is 14.1 Å². The smallest absolute Gasteiger partial charge is 0.432 e. The van der Waals surface area contributed by atoms with Crippen molar-refractivity contribution in [2.75, 3.05) is 55.1 Å². The molecule has 8 heteroatoms. The summed E-state index contributed by atoms with van der Waals surface area (Å²) in [6.45, 7) is 1.81. The highest BCUT2D eigenvalue weighted by molar-refractivity contribution is 6.60. The summed E-state index contributed by atoms with van der Waals surface area (Å²) < 4.78 is 27.6. The third kappa shape index (κ3) is 7.28. The zero-order valence-electron chi connectivity index (χ0n) is 15.1. The van der Waals surface area contributed by atoms with Crippen molar-refractivity contribution < 1.29 is 32.0 Å². The van der Waals surface area contributed by atoms with Crippen molar-refractivity contribution in [3.05, 3.63) is 0 Å². The normalized spacial score (nSPS) is 19.6. The Labute approximate surface area is 140 Å². The molecule has 0 bridgehead atoms. The molecule has 0 amide bonds. The maximum atomic E-state index is 12.1. The standard InChI is InChI=1S/C15H32NO6Si/c1-16(2,10-8-12-23(18-3,19-4)20-5)13-14(17)22-15-9-6-7-11-21-15/h15H,6-13H2,1-5H3/q+1. The first-order valence-electron chi connectivity index (χ1n) is 8.15. The highest BCUT2D eigenvalue weighted by atomic mass is 28.4. The van der Waals surface area contributed by atoms with Crippen molar-refractivity contribution in [2.45, 2.75) is 38.0 Å². The molecule has 1 aliphatic rings. The maximum absolute atomic E-state index is 12.1. The predicted molar refractivity (Wildman–Crippen MR) is 87.7 cm³/mol. The Kier molecular flexibility index (Phi) is 8.66. The van der Waals surface area contributed by atoms with Gasteiger partial charge in [-0.1, -0.05) is 0 Å². The van der Waals surface area contributed by atoms with Crippen LogP contribution >= 0.6 is 0 Å². The minimum atomic E-state index is -2.54. The molecule has 7 nitrogen and oxygen atoms in total. The molecule has 23 heavy (non-hydrogen) atoms. The van der Waals surface area contributed by atoms with E-state index in [4.69, 9.17) is 22.8 Å². The molecule has 1 heterocycles. The Balaban J connectivity index is 2.35. The number of rotatable bonds is 10.